The highest BCUT2D eigenvalue weighted by molar-refractivity contribution is 5.75. The van der Waals surface area contributed by atoms with Crippen LogP contribution in [0.25, 0.3) is 0 Å². The Hall–Kier alpha value is -3.51. The van der Waals surface area contributed by atoms with Gasteiger partial charge in [-0.3, -0.25) is 30.0 Å². The topological polar surface area (TPSA) is 210 Å². The van der Waals surface area contributed by atoms with Gasteiger partial charge in [0, 0.05) is 6.54 Å². The Morgan fingerprint density at radius 2 is 1.75 bits per heavy atom. The minimum absolute atomic E-state index is 0.0662. The van der Waals surface area contributed by atoms with Gasteiger partial charge in [0.15, 0.2) is 5.96 Å². The van der Waals surface area contributed by atoms with Crippen molar-refractivity contribution >= 4 is 23.3 Å². The SMILES string of the molecule is NC(N)=NCCC[C@H](C(=O)O)n1cc([N+](=O)[O-])c(=O)c([N+](=O)[O-])c1. The van der Waals surface area contributed by atoms with Gasteiger partial charge in [-0.05, 0) is 12.8 Å². The van der Waals surface area contributed by atoms with E-state index in [9.17, 15) is 34.9 Å². The molecule has 0 aliphatic heterocycles. The summed E-state index contributed by atoms with van der Waals surface area (Å²) in [5, 5.41) is 30.9. The van der Waals surface area contributed by atoms with E-state index in [4.69, 9.17) is 11.5 Å². The summed E-state index contributed by atoms with van der Waals surface area (Å²) in [4.78, 5) is 46.1. The molecule has 1 rings (SSSR count). The van der Waals surface area contributed by atoms with E-state index in [1.165, 1.54) is 0 Å². The van der Waals surface area contributed by atoms with Crippen LogP contribution in [0, 0.1) is 20.2 Å². The molecule has 0 aliphatic rings. The van der Waals surface area contributed by atoms with Crippen LogP contribution in [0.2, 0.25) is 0 Å². The van der Waals surface area contributed by atoms with Gasteiger partial charge < -0.3 is 21.1 Å². The van der Waals surface area contributed by atoms with E-state index < -0.39 is 38.7 Å². The third-order valence-electron chi connectivity index (χ3n) is 2.98. The zero-order valence-corrected chi connectivity index (χ0v) is 12.2. The first-order valence-electron chi connectivity index (χ1n) is 6.48. The number of carbonyl (C=O) groups is 1. The molecule has 0 saturated heterocycles. The lowest BCUT2D eigenvalue weighted by Crippen LogP contribution is -2.24. The maximum absolute atomic E-state index is 11.6. The summed E-state index contributed by atoms with van der Waals surface area (Å²) >= 11 is 0. The van der Waals surface area contributed by atoms with Crippen molar-refractivity contribution in [2.45, 2.75) is 18.9 Å². The van der Waals surface area contributed by atoms with Gasteiger partial charge in [-0.15, -0.1) is 0 Å². The third kappa shape index (κ3) is 4.49. The Morgan fingerprint density at radius 3 is 2.12 bits per heavy atom. The van der Waals surface area contributed by atoms with Crippen molar-refractivity contribution in [2.24, 2.45) is 16.5 Å². The number of nitrogens with two attached hydrogens (primary N) is 2. The van der Waals surface area contributed by atoms with Crippen LogP contribution >= 0.6 is 0 Å². The largest absolute Gasteiger partial charge is 0.480 e. The third-order valence-corrected chi connectivity index (χ3v) is 2.98. The normalized spacial score (nSPS) is 11.5. The average molecular weight is 342 g/mol. The zero-order chi connectivity index (χ0) is 18.4. The van der Waals surface area contributed by atoms with Crippen molar-refractivity contribution in [1.82, 2.24) is 4.57 Å². The van der Waals surface area contributed by atoms with Gasteiger partial charge in [0.25, 0.3) is 0 Å². The lowest BCUT2D eigenvalue weighted by Gasteiger charge is -2.15. The van der Waals surface area contributed by atoms with Gasteiger partial charge in [-0.1, -0.05) is 0 Å². The molecule has 1 aromatic rings. The average Bonchev–Trinajstić information content (AvgIpc) is 2.46. The molecule has 0 aromatic carbocycles. The standard InChI is InChI=1S/C11H14N6O7/c12-11(13)14-3-1-2-6(10(19)20)15-4-7(16(21)22)9(18)8(5-15)17(23)24/h4-6H,1-3H2,(H,19,20)(H4,12,13,14)/t6-/m1/s1. The minimum Gasteiger partial charge on any atom is -0.480 e. The fourth-order valence-electron chi connectivity index (χ4n) is 1.90. The van der Waals surface area contributed by atoms with E-state index in [1.54, 1.807) is 0 Å². The van der Waals surface area contributed by atoms with Crippen LogP contribution in [0.15, 0.2) is 22.2 Å². The summed E-state index contributed by atoms with van der Waals surface area (Å²) < 4.78 is 0.759. The molecule has 0 bridgehead atoms. The van der Waals surface area contributed by atoms with Crippen LogP contribution in [0.1, 0.15) is 18.9 Å². The Balaban J connectivity index is 3.26. The molecule has 0 amide bonds. The number of nitro groups is 2. The quantitative estimate of drug-likeness (QED) is 0.180. The zero-order valence-electron chi connectivity index (χ0n) is 12.2. The molecule has 13 nitrogen and oxygen atoms in total. The number of aliphatic imine (C=N–C) groups is 1. The Labute approximate surface area is 133 Å². The second kappa shape index (κ2) is 7.66. The smallest absolute Gasteiger partial charge is 0.339 e. The van der Waals surface area contributed by atoms with Gasteiger partial charge in [-0.25, -0.2) is 4.79 Å². The summed E-state index contributed by atoms with van der Waals surface area (Å²) in [5.41, 5.74) is 6.68. The van der Waals surface area contributed by atoms with Gasteiger partial charge in [0.2, 0.25) is 0 Å². The van der Waals surface area contributed by atoms with Crippen LogP contribution in [-0.4, -0.2) is 38.0 Å². The first-order chi connectivity index (χ1) is 11.1. The van der Waals surface area contributed by atoms with Crippen LogP contribution in [0.4, 0.5) is 11.4 Å². The molecular weight excluding hydrogens is 328 g/mol. The first-order valence-corrected chi connectivity index (χ1v) is 6.48. The highest BCUT2D eigenvalue weighted by Gasteiger charge is 2.28. The second-order valence-electron chi connectivity index (χ2n) is 4.62. The number of guanidine groups is 1. The van der Waals surface area contributed by atoms with Crippen molar-refractivity contribution in [3.63, 3.8) is 0 Å². The number of hydrogen-bond donors (Lipinski definition) is 3. The van der Waals surface area contributed by atoms with Gasteiger partial charge >= 0.3 is 22.8 Å². The molecule has 1 atom stereocenters. The molecule has 1 aromatic heterocycles. The van der Waals surface area contributed by atoms with E-state index in [1.807, 2.05) is 0 Å². The number of aromatic nitrogens is 1. The highest BCUT2D eigenvalue weighted by Crippen LogP contribution is 2.20. The van der Waals surface area contributed by atoms with Crippen molar-refractivity contribution in [3.05, 3.63) is 42.8 Å². The van der Waals surface area contributed by atoms with Crippen LogP contribution in [-0.2, 0) is 4.79 Å². The monoisotopic (exact) mass is 342 g/mol. The number of carboxylic acid groups (broad SMARTS) is 1. The Morgan fingerprint density at radius 1 is 1.25 bits per heavy atom. The fraction of sp³-hybridized carbons (Fsp3) is 0.364. The molecule has 0 fully saturated rings. The summed E-state index contributed by atoms with van der Waals surface area (Å²) in [5.74, 6) is -1.57. The molecule has 0 spiro atoms. The van der Waals surface area contributed by atoms with E-state index in [0.29, 0.717) is 12.4 Å². The predicted octanol–water partition coefficient (Wildman–Crippen LogP) is -0.656. The molecule has 0 saturated carbocycles. The van der Waals surface area contributed by atoms with E-state index in [2.05, 4.69) is 4.99 Å². The maximum Gasteiger partial charge on any atom is 0.339 e. The molecule has 5 N–H and O–H groups in total. The number of hydrogen-bond acceptors (Lipinski definition) is 7. The predicted molar refractivity (Wildman–Crippen MR) is 80.6 cm³/mol. The van der Waals surface area contributed by atoms with Gasteiger partial charge in [0.1, 0.15) is 6.04 Å². The number of aliphatic carboxylic acids is 1. The number of pyridine rings is 1. The van der Waals surface area contributed by atoms with E-state index in [0.717, 1.165) is 4.57 Å². The van der Waals surface area contributed by atoms with Crippen molar-refractivity contribution < 1.29 is 19.7 Å². The van der Waals surface area contributed by atoms with Gasteiger partial charge in [-0.2, -0.15) is 0 Å². The molecule has 13 heteroatoms. The number of carboxylic acids is 1. The molecule has 24 heavy (non-hydrogen) atoms. The van der Waals surface area contributed by atoms with Crippen LogP contribution in [0.5, 0.6) is 0 Å². The summed E-state index contributed by atoms with van der Waals surface area (Å²) in [7, 11) is 0. The first kappa shape index (κ1) is 18.5. The molecule has 130 valence electrons. The summed E-state index contributed by atoms with van der Waals surface area (Å²) in [6.07, 6.45) is 1.45. The molecule has 0 unspecified atom stereocenters. The number of nitrogens with zero attached hydrogens (tertiary/aromatic N) is 4. The van der Waals surface area contributed by atoms with Crippen LogP contribution in [0.3, 0.4) is 0 Å². The van der Waals surface area contributed by atoms with Gasteiger partial charge in [0.05, 0.1) is 22.2 Å². The Kier molecular flexibility index (Phi) is 5.92. The lowest BCUT2D eigenvalue weighted by atomic mass is 10.1. The molecule has 0 radical (unpaired) electrons. The molecule has 0 aliphatic carbocycles. The molecule has 1 heterocycles. The maximum atomic E-state index is 11.6. The second-order valence-corrected chi connectivity index (χ2v) is 4.62. The number of rotatable bonds is 8. The highest BCUT2D eigenvalue weighted by atomic mass is 16.6. The van der Waals surface area contributed by atoms with E-state index >= 15 is 0 Å². The van der Waals surface area contributed by atoms with E-state index in [-0.39, 0.29) is 25.3 Å². The van der Waals surface area contributed by atoms with Crippen molar-refractivity contribution in [2.75, 3.05) is 6.54 Å². The lowest BCUT2D eigenvalue weighted by molar-refractivity contribution is -0.397. The Bertz CT molecular complexity index is 713. The fourth-order valence-corrected chi connectivity index (χ4v) is 1.90. The van der Waals surface area contributed by atoms with Crippen molar-refractivity contribution in [3.8, 4) is 0 Å². The summed E-state index contributed by atoms with van der Waals surface area (Å²) in [6, 6.07) is -1.36. The summed E-state index contributed by atoms with van der Waals surface area (Å²) in [6.45, 7) is 0.108. The molecular formula is C11H14N6O7. The van der Waals surface area contributed by atoms with Crippen molar-refractivity contribution in [1.29, 1.82) is 0 Å². The van der Waals surface area contributed by atoms with Crippen LogP contribution < -0.4 is 16.9 Å². The minimum atomic E-state index is -1.40.